The molecule has 30 heavy (non-hydrogen) atoms. The monoisotopic (exact) mass is 415 g/mol. The number of nitrogens with zero attached hydrogens (tertiary/aromatic N) is 7. The second kappa shape index (κ2) is 7.33. The van der Waals surface area contributed by atoms with Crippen LogP contribution < -0.4 is 4.90 Å². The van der Waals surface area contributed by atoms with E-state index in [2.05, 4.69) is 29.7 Å². The van der Waals surface area contributed by atoms with Crippen LogP contribution in [0.5, 0.6) is 0 Å². The van der Waals surface area contributed by atoms with Crippen LogP contribution in [0.3, 0.4) is 0 Å². The molecule has 5 rings (SSSR count). The summed E-state index contributed by atoms with van der Waals surface area (Å²) < 4.78 is 42.7. The highest BCUT2D eigenvalue weighted by Gasteiger charge is 2.36. The average Bonchev–Trinajstić information content (AvgIpc) is 3.49. The van der Waals surface area contributed by atoms with Crippen LogP contribution in [0.4, 0.5) is 19.0 Å². The molecule has 0 spiro atoms. The number of halogens is 3. The summed E-state index contributed by atoms with van der Waals surface area (Å²) in [5.41, 5.74) is -0.499. The summed E-state index contributed by atoms with van der Waals surface area (Å²) >= 11 is 0. The lowest BCUT2D eigenvalue weighted by Crippen LogP contribution is -2.36. The van der Waals surface area contributed by atoms with Crippen LogP contribution in [-0.2, 0) is 6.18 Å². The minimum atomic E-state index is -4.56. The van der Waals surface area contributed by atoms with E-state index in [4.69, 9.17) is 0 Å². The number of hydrogen-bond donors (Lipinski definition) is 0. The summed E-state index contributed by atoms with van der Waals surface area (Å²) in [7, 11) is 0. The number of anilines is 1. The molecule has 1 saturated carbocycles. The van der Waals surface area contributed by atoms with Gasteiger partial charge in [0, 0.05) is 49.1 Å². The molecular formula is C20H20F3N7. The van der Waals surface area contributed by atoms with Gasteiger partial charge < -0.3 is 9.47 Å². The van der Waals surface area contributed by atoms with Crippen LogP contribution >= 0.6 is 0 Å². The molecule has 1 unspecified atom stereocenters. The van der Waals surface area contributed by atoms with Crippen molar-refractivity contribution >= 4 is 5.82 Å². The Hall–Kier alpha value is -3.04. The largest absolute Gasteiger partial charge is 0.433 e. The second-order valence-electron chi connectivity index (χ2n) is 7.79. The normalized spacial score (nSPS) is 19.8. The molecule has 10 heteroatoms. The number of piperidine rings is 1. The molecule has 1 aliphatic carbocycles. The highest BCUT2D eigenvalue weighted by Crippen LogP contribution is 2.39. The van der Waals surface area contributed by atoms with Crippen LogP contribution in [0.15, 0.2) is 36.9 Å². The van der Waals surface area contributed by atoms with Crippen molar-refractivity contribution in [1.29, 1.82) is 0 Å². The van der Waals surface area contributed by atoms with Gasteiger partial charge in [0.2, 0.25) is 0 Å². The van der Waals surface area contributed by atoms with Crippen molar-refractivity contribution < 1.29 is 13.2 Å². The van der Waals surface area contributed by atoms with Gasteiger partial charge in [0.15, 0.2) is 11.5 Å². The van der Waals surface area contributed by atoms with Crippen LogP contribution in [0.25, 0.3) is 11.4 Å². The molecular weight excluding hydrogens is 395 g/mol. The standard InChI is InChI=1S/C20H20F3N7/c21-20(22,23)16-9-17(27-18(26-16)13-3-1-7-24-10-13)29-8-2-4-14(11-29)19-28-25-12-30(19)15-5-6-15/h1,3,7,9-10,12,14-15H,2,4-6,8,11H2. The number of rotatable bonds is 4. The third kappa shape index (κ3) is 3.73. The zero-order valence-electron chi connectivity index (χ0n) is 16.1. The minimum absolute atomic E-state index is 0.0243. The van der Waals surface area contributed by atoms with Gasteiger partial charge in [-0.2, -0.15) is 13.2 Å². The molecule has 0 radical (unpaired) electrons. The quantitative estimate of drug-likeness (QED) is 0.644. The fraction of sp³-hybridized carbons (Fsp3) is 0.450. The molecule has 3 aromatic rings. The molecule has 2 fully saturated rings. The van der Waals surface area contributed by atoms with Crippen LogP contribution in [0.1, 0.15) is 49.2 Å². The van der Waals surface area contributed by atoms with Crippen LogP contribution in [0, 0.1) is 0 Å². The fourth-order valence-corrected chi connectivity index (χ4v) is 3.94. The molecule has 4 heterocycles. The lowest BCUT2D eigenvalue weighted by molar-refractivity contribution is -0.141. The van der Waals surface area contributed by atoms with Gasteiger partial charge in [0.1, 0.15) is 18.0 Å². The van der Waals surface area contributed by atoms with Gasteiger partial charge in [0.05, 0.1) is 0 Å². The fourth-order valence-electron chi connectivity index (χ4n) is 3.94. The van der Waals surface area contributed by atoms with E-state index in [9.17, 15) is 13.2 Å². The maximum absolute atomic E-state index is 13.5. The van der Waals surface area contributed by atoms with Crippen molar-refractivity contribution in [3.8, 4) is 11.4 Å². The second-order valence-corrected chi connectivity index (χ2v) is 7.79. The zero-order chi connectivity index (χ0) is 20.7. The van der Waals surface area contributed by atoms with E-state index in [1.807, 2.05) is 4.90 Å². The molecule has 0 N–H and O–H groups in total. The predicted molar refractivity (Wildman–Crippen MR) is 103 cm³/mol. The van der Waals surface area contributed by atoms with Crippen molar-refractivity contribution in [3.63, 3.8) is 0 Å². The first kappa shape index (κ1) is 19.0. The molecule has 0 bridgehead atoms. The van der Waals surface area contributed by atoms with Crippen LogP contribution in [-0.4, -0.2) is 42.8 Å². The molecule has 0 aromatic carbocycles. The molecule has 2 aliphatic rings. The number of aromatic nitrogens is 6. The lowest BCUT2D eigenvalue weighted by Gasteiger charge is -2.33. The average molecular weight is 415 g/mol. The van der Waals surface area contributed by atoms with Crippen molar-refractivity contribution in [2.45, 2.75) is 43.8 Å². The highest BCUT2D eigenvalue weighted by atomic mass is 19.4. The van der Waals surface area contributed by atoms with Gasteiger partial charge in [-0.15, -0.1) is 10.2 Å². The van der Waals surface area contributed by atoms with E-state index < -0.39 is 11.9 Å². The SMILES string of the molecule is FC(F)(F)c1cc(N2CCCC(c3nncn3C3CC3)C2)nc(-c2cccnc2)n1. The minimum Gasteiger partial charge on any atom is -0.356 e. The van der Waals surface area contributed by atoms with Crippen molar-refractivity contribution in [1.82, 2.24) is 29.7 Å². The molecule has 156 valence electrons. The zero-order valence-corrected chi connectivity index (χ0v) is 16.1. The Labute approximate surface area is 171 Å². The molecule has 7 nitrogen and oxygen atoms in total. The summed E-state index contributed by atoms with van der Waals surface area (Å²) in [6, 6.07) is 4.80. The highest BCUT2D eigenvalue weighted by molar-refractivity contribution is 5.57. The van der Waals surface area contributed by atoms with E-state index >= 15 is 0 Å². The summed E-state index contributed by atoms with van der Waals surface area (Å²) in [6.45, 7) is 1.18. The number of pyridine rings is 1. The molecule has 0 amide bonds. The Morgan fingerprint density at radius 2 is 1.97 bits per heavy atom. The van der Waals surface area contributed by atoms with Gasteiger partial charge >= 0.3 is 6.18 Å². The summed E-state index contributed by atoms with van der Waals surface area (Å²) in [6.07, 6.45) is 4.24. The maximum Gasteiger partial charge on any atom is 0.433 e. The topological polar surface area (TPSA) is 72.6 Å². The molecule has 1 saturated heterocycles. The molecule has 1 aliphatic heterocycles. The Kier molecular flexibility index (Phi) is 4.63. The summed E-state index contributed by atoms with van der Waals surface area (Å²) in [5, 5.41) is 8.39. The van der Waals surface area contributed by atoms with E-state index in [0.717, 1.165) is 37.6 Å². The van der Waals surface area contributed by atoms with E-state index in [1.54, 1.807) is 24.7 Å². The lowest BCUT2D eigenvalue weighted by atomic mass is 9.97. The third-order valence-electron chi connectivity index (χ3n) is 5.57. The van der Waals surface area contributed by atoms with Gasteiger partial charge in [-0.05, 0) is 37.8 Å². The Morgan fingerprint density at radius 1 is 1.10 bits per heavy atom. The van der Waals surface area contributed by atoms with E-state index in [1.165, 1.54) is 6.20 Å². The van der Waals surface area contributed by atoms with Crippen molar-refractivity contribution in [3.05, 3.63) is 48.4 Å². The first-order valence-corrected chi connectivity index (χ1v) is 10.00. The Bertz CT molecular complexity index is 1030. The van der Waals surface area contributed by atoms with Gasteiger partial charge in [-0.3, -0.25) is 4.98 Å². The van der Waals surface area contributed by atoms with Crippen molar-refractivity contribution in [2.75, 3.05) is 18.0 Å². The van der Waals surface area contributed by atoms with Crippen LogP contribution in [0.2, 0.25) is 0 Å². The smallest absolute Gasteiger partial charge is 0.356 e. The van der Waals surface area contributed by atoms with Gasteiger partial charge in [0.25, 0.3) is 0 Å². The number of alkyl halides is 3. The third-order valence-corrected chi connectivity index (χ3v) is 5.57. The van der Waals surface area contributed by atoms with Gasteiger partial charge in [-0.25, -0.2) is 9.97 Å². The molecule has 3 aromatic heterocycles. The Balaban J connectivity index is 1.48. The van der Waals surface area contributed by atoms with E-state index in [-0.39, 0.29) is 17.6 Å². The summed E-state index contributed by atoms with van der Waals surface area (Å²) in [4.78, 5) is 14.1. The maximum atomic E-state index is 13.5. The van der Waals surface area contributed by atoms with E-state index in [0.29, 0.717) is 24.7 Å². The first-order valence-electron chi connectivity index (χ1n) is 10.00. The summed E-state index contributed by atoms with van der Waals surface area (Å²) in [5.74, 6) is 1.32. The first-order chi connectivity index (χ1) is 14.5. The number of hydrogen-bond acceptors (Lipinski definition) is 6. The molecule has 1 atom stereocenters. The Morgan fingerprint density at radius 3 is 2.70 bits per heavy atom. The van der Waals surface area contributed by atoms with Crippen molar-refractivity contribution in [2.24, 2.45) is 0 Å². The van der Waals surface area contributed by atoms with Gasteiger partial charge in [-0.1, -0.05) is 0 Å². The predicted octanol–water partition coefficient (Wildman–Crippen LogP) is 3.87.